The van der Waals surface area contributed by atoms with E-state index in [-0.39, 0.29) is 35.9 Å². The number of nitrogens with zero attached hydrogens (tertiary/aromatic N) is 3. The Morgan fingerprint density at radius 3 is 2.54 bits per heavy atom. The van der Waals surface area contributed by atoms with E-state index >= 15 is 0 Å². The van der Waals surface area contributed by atoms with Gasteiger partial charge >= 0.3 is 5.97 Å². The third kappa shape index (κ3) is 5.21. The van der Waals surface area contributed by atoms with Gasteiger partial charge in [-0.3, -0.25) is 14.8 Å². The number of hydrogen-bond acceptors (Lipinski definition) is 5. The molecular weight excluding hydrogens is 447 g/mol. The van der Waals surface area contributed by atoms with Gasteiger partial charge in [-0.1, -0.05) is 0 Å². The van der Waals surface area contributed by atoms with Crippen LogP contribution in [0.3, 0.4) is 0 Å². The summed E-state index contributed by atoms with van der Waals surface area (Å²) in [5, 5.41) is 3.37. The fraction of sp³-hybridized carbons (Fsp3) is 0.611. The van der Waals surface area contributed by atoms with Crippen LogP contribution < -0.4 is 10.1 Å². The molecule has 26 heavy (non-hydrogen) atoms. The van der Waals surface area contributed by atoms with Crippen molar-refractivity contribution in [1.29, 1.82) is 0 Å². The summed E-state index contributed by atoms with van der Waals surface area (Å²) in [7, 11) is 4.89. The SMILES string of the molecule is CN=C(NCc1ncc(C)c(OC)c1C)N1CCC(C(=O)OC)CC1.I. The number of likely N-dealkylation sites (tertiary alicyclic amines) is 1. The van der Waals surface area contributed by atoms with Crippen molar-refractivity contribution in [2.45, 2.75) is 33.2 Å². The molecule has 0 spiro atoms. The number of guanidine groups is 1. The number of pyridine rings is 1. The predicted octanol–water partition coefficient (Wildman–Crippen LogP) is 2.29. The third-order valence-corrected chi connectivity index (χ3v) is 4.70. The van der Waals surface area contributed by atoms with Gasteiger partial charge in [-0.25, -0.2) is 0 Å². The molecule has 0 aliphatic carbocycles. The lowest BCUT2D eigenvalue weighted by Gasteiger charge is -2.33. The minimum absolute atomic E-state index is 0. The Balaban J connectivity index is 0.00000338. The first kappa shape index (κ1) is 22.5. The zero-order valence-electron chi connectivity index (χ0n) is 16.2. The van der Waals surface area contributed by atoms with Crippen LogP contribution in [-0.2, 0) is 16.1 Å². The molecule has 1 aliphatic rings. The maximum atomic E-state index is 11.6. The zero-order chi connectivity index (χ0) is 18.4. The highest BCUT2D eigenvalue weighted by molar-refractivity contribution is 14.0. The molecule has 0 unspecified atom stereocenters. The number of esters is 1. The number of aliphatic imine (C=N–C) groups is 1. The average Bonchev–Trinajstić information content (AvgIpc) is 2.64. The van der Waals surface area contributed by atoms with Gasteiger partial charge in [-0.05, 0) is 26.7 Å². The van der Waals surface area contributed by atoms with E-state index in [0.717, 1.165) is 54.5 Å². The van der Waals surface area contributed by atoms with Gasteiger partial charge in [0.2, 0.25) is 0 Å². The summed E-state index contributed by atoms with van der Waals surface area (Å²) in [5.41, 5.74) is 3.00. The van der Waals surface area contributed by atoms with Crippen molar-refractivity contribution >= 4 is 35.9 Å². The molecule has 0 bridgehead atoms. The van der Waals surface area contributed by atoms with Gasteiger partial charge in [-0.15, -0.1) is 24.0 Å². The molecular formula is C18H29IN4O3. The second-order valence-corrected chi connectivity index (χ2v) is 6.23. The van der Waals surface area contributed by atoms with Crippen LogP contribution in [-0.4, -0.2) is 56.2 Å². The Morgan fingerprint density at radius 2 is 2.00 bits per heavy atom. The lowest BCUT2D eigenvalue weighted by Crippen LogP contribution is -2.46. The molecule has 0 radical (unpaired) electrons. The second-order valence-electron chi connectivity index (χ2n) is 6.23. The standard InChI is InChI=1S/C18H28N4O3.HI/c1-12-10-20-15(13(2)16(12)24-4)11-21-18(19-3)22-8-6-14(7-9-22)17(23)25-5;/h10,14H,6-9,11H2,1-5H3,(H,19,21);1H. The number of aryl methyl sites for hydroxylation is 1. The largest absolute Gasteiger partial charge is 0.496 e. The van der Waals surface area contributed by atoms with E-state index in [1.165, 1.54) is 7.11 Å². The molecule has 0 saturated carbocycles. The predicted molar refractivity (Wildman–Crippen MR) is 112 cm³/mol. The number of carbonyl (C=O) groups is 1. The molecule has 2 rings (SSSR count). The number of piperidine rings is 1. The summed E-state index contributed by atoms with van der Waals surface area (Å²) >= 11 is 0. The maximum absolute atomic E-state index is 11.6. The highest BCUT2D eigenvalue weighted by Gasteiger charge is 2.27. The van der Waals surface area contributed by atoms with Crippen LogP contribution in [0, 0.1) is 19.8 Å². The van der Waals surface area contributed by atoms with Crippen LogP contribution in [0.25, 0.3) is 0 Å². The molecule has 0 aromatic carbocycles. The molecule has 1 N–H and O–H groups in total. The number of ether oxygens (including phenoxy) is 2. The highest BCUT2D eigenvalue weighted by atomic mass is 127. The Bertz CT molecular complexity index is 644. The maximum Gasteiger partial charge on any atom is 0.308 e. The fourth-order valence-corrected chi connectivity index (χ4v) is 3.24. The van der Waals surface area contributed by atoms with Gasteiger partial charge in [0.05, 0.1) is 32.4 Å². The monoisotopic (exact) mass is 476 g/mol. The van der Waals surface area contributed by atoms with E-state index in [0.29, 0.717) is 6.54 Å². The van der Waals surface area contributed by atoms with E-state index in [1.54, 1.807) is 14.2 Å². The number of aromatic nitrogens is 1. The Labute approximate surface area is 172 Å². The molecule has 1 aromatic heterocycles. The van der Waals surface area contributed by atoms with Gasteiger partial charge in [0.15, 0.2) is 5.96 Å². The summed E-state index contributed by atoms with van der Waals surface area (Å²) in [6, 6.07) is 0. The molecule has 1 aromatic rings. The van der Waals surface area contributed by atoms with Gasteiger partial charge in [0.25, 0.3) is 0 Å². The lowest BCUT2D eigenvalue weighted by atomic mass is 9.97. The molecule has 8 heteroatoms. The van der Waals surface area contributed by atoms with E-state index in [2.05, 4.69) is 20.2 Å². The Hall–Kier alpha value is -1.58. The molecule has 0 atom stereocenters. The first-order valence-corrected chi connectivity index (χ1v) is 8.54. The van der Waals surface area contributed by atoms with Crippen molar-refractivity contribution in [1.82, 2.24) is 15.2 Å². The lowest BCUT2D eigenvalue weighted by molar-refractivity contribution is -0.146. The summed E-state index contributed by atoms with van der Waals surface area (Å²) in [5.74, 6) is 1.57. The molecule has 146 valence electrons. The molecule has 2 heterocycles. The van der Waals surface area contributed by atoms with Crippen molar-refractivity contribution in [2.24, 2.45) is 10.9 Å². The van der Waals surface area contributed by atoms with E-state index < -0.39 is 0 Å². The minimum atomic E-state index is -0.117. The summed E-state index contributed by atoms with van der Waals surface area (Å²) in [6.45, 7) is 6.14. The van der Waals surface area contributed by atoms with Crippen LogP contribution >= 0.6 is 24.0 Å². The third-order valence-electron chi connectivity index (χ3n) is 4.70. The first-order valence-electron chi connectivity index (χ1n) is 8.54. The van der Waals surface area contributed by atoms with Gasteiger partial charge < -0.3 is 19.7 Å². The van der Waals surface area contributed by atoms with E-state index in [1.807, 2.05) is 20.0 Å². The molecule has 1 saturated heterocycles. The zero-order valence-corrected chi connectivity index (χ0v) is 18.5. The fourth-order valence-electron chi connectivity index (χ4n) is 3.24. The molecule has 0 amide bonds. The first-order chi connectivity index (χ1) is 12.0. The number of carbonyl (C=O) groups excluding carboxylic acids is 1. The van der Waals surface area contributed by atoms with Crippen molar-refractivity contribution < 1.29 is 14.3 Å². The summed E-state index contributed by atoms with van der Waals surface area (Å²) < 4.78 is 10.3. The number of methoxy groups -OCH3 is 2. The summed E-state index contributed by atoms with van der Waals surface area (Å²) in [4.78, 5) is 22.7. The number of nitrogens with one attached hydrogen (secondary N) is 1. The Kier molecular flexibility index (Phi) is 9.11. The van der Waals surface area contributed by atoms with Crippen LogP contribution in [0.4, 0.5) is 0 Å². The van der Waals surface area contributed by atoms with Gasteiger partial charge in [-0.2, -0.15) is 0 Å². The van der Waals surface area contributed by atoms with Crippen LogP contribution in [0.15, 0.2) is 11.2 Å². The average molecular weight is 476 g/mol. The highest BCUT2D eigenvalue weighted by Crippen LogP contribution is 2.24. The van der Waals surface area contributed by atoms with Gasteiger partial charge in [0.1, 0.15) is 5.75 Å². The molecule has 1 aliphatic heterocycles. The molecule has 1 fully saturated rings. The second kappa shape index (κ2) is 10.5. The summed E-state index contributed by atoms with van der Waals surface area (Å²) in [6.07, 6.45) is 3.39. The van der Waals surface area contributed by atoms with Crippen LogP contribution in [0.1, 0.15) is 29.7 Å². The van der Waals surface area contributed by atoms with E-state index in [4.69, 9.17) is 9.47 Å². The van der Waals surface area contributed by atoms with Crippen LogP contribution in [0.2, 0.25) is 0 Å². The topological polar surface area (TPSA) is 76.1 Å². The van der Waals surface area contributed by atoms with Gasteiger partial charge in [0, 0.05) is 37.5 Å². The van der Waals surface area contributed by atoms with Crippen molar-refractivity contribution in [2.75, 3.05) is 34.4 Å². The number of halogens is 1. The smallest absolute Gasteiger partial charge is 0.308 e. The number of rotatable bonds is 4. The minimum Gasteiger partial charge on any atom is -0.496 e. The number of hydrogen-bond donors (Lipinski definition) is 1. The quantitative estimate of drug-likeness (QED) is 0.311. The van der Waals surface area contributed by atoms with Crippen LogP contribution in [0.5, 0.6) is 5.75 Å². The van der Waals surface area contributed by atoms with Crippen molar-refractivity contribution in [3.8, 4) is 5.75 Å². The van der Waals surface area contributed by atoms with E-state index in [9.17, 15) is 4.79 Å². The molecule has 7 nitrogen and oxygen atoms in total. The van der Waals surface area contributed by atoms with Crippen molar-refractivity contribution in [3.05, 3.63) is 23.0 Å². The Morgan fingerprint density at radius 1 is 1.35 bits per heavy atom. The normalized spacial score (nSPS) is 15.3. The van der Waals surface area contributed by atoms with Crippen molar-refractivity contribution in [3.63, 3.8) is 0 Å².